The Morgan fingerprint density at radius 1 is 1.14 bits per heavy atom. The van der Waals surface area contributed by atoms with Crippen molar-refractivity contribution in [3.05, 3.63) is 35.6 Å². The summed E-state index contributed by atoms with van der Waals surface area (Å²) in [6.07, 6.45) is 6.13. The van der Waals surface area contributed by atoms with E-state index in [2.05, 4.69) is 10.2 Å². The van der Waals surface area contributed by atoms with Crippen LogP contribution in [0.5, 0.6) is 0 Å². The Morgan fingerprint density at radius 3 is 2.57 bits per heavy atom. The molecule has 3 nitrogen and oxygen atoms in total. The maximum absolute atomic E-state index is 12.8. The van der Waals surface area contributed by atoms with Crippen LogP contribution in [-0.2, 0) is 11.2 Å². The average molecular weight is 292 g/mol. The molecule has 2 rings (SSSR count). The number of amides is 1. The van der Waals surface area contributed by atoms with Crippen LogP contribution in [0.1, 0.15) is 37.7 Å². The highest BCUT2D eigenvalue weighted by atomic mass is 19.1. The molecule has 0 aromatic heterocycles. The Hall–Kier alpha value is -1.42. The Bertz CT molecular complexity index is 427. The predicted octanol–water partition coefficient (Wildman–Crippen LogP) is 2.75. The van der Waals surface area contributed by atoms with Gasteiger partial charge in [-0.25, -0.2) is 4.39 Å². The Kier molecular flexibility index (Phi) is 6.67. The molecule has 1 heterocycles. The highest BCUT2D eigenvalue weighted by Gasteiger charge is 2.09. The molecule has 4 heteroatoms. The van der Waals surface area contributed by atoms with Gasteiger partial charge in [0.1, 0.15) is 5.82 Å². The molecular weight excluding hydrogens is 267 g/mol. The van der Waals surface area contributed by atoms with Gasteiger partial charge in [-0.05, 0) is 63.0 Å². The smallest absolute Gasteiger partial charge is 0.220 e. The average Bonchev–Trinajstić information content (AvgIpc) is 2.52. The number of benzene rings is 1. The summed E-state index contributed by atoms with van der Waals surface area (Å²) < 4.78 is 12.8. The van der Waals surface area contributed by atoms with Crippen molar-refractivity contribution < 1.29 is 9.18 Å². The van der Waals surface area contributed by atoms with Gasteiger partial charge in [-0.15, -0.1) is 0 Å². The van der Waals surface area contributed by atoms with Crippen molar-refractivity contribution in [1.82, 2.24) is 10.2 Å². The summed E-state index contributed by atoms with van der Waals surface area (Å²) in [5.74, 6) is -0.154. The van der Waals surface area contributed by atoms with Crippen LogP contribution in [0, 0.1) is 5.82 Å². The number of aryl methyl sites for hydroxylation is 1. The van der Waals surface area contributed by atoms with E-state index >= 15 is 0 Å². The second kappa shape index (κ2) is 8.78. The van der Waals surface area contributed by atoms with Crippen LogP contribution in [-0.4, -0.2) is 37.0 Å². The first kappa shape index (κ1) is 16.0. The highest BCUT2D eigenvalue weighted by Crippen LogP contribution is 2.08. The maximum Gasteiger partial charge on any atom is 0.220 e. The standard InChI is InChI=1S/C17H25FN2O/c18-16-8-5-15(6-9-16)7-10-17(21)19-11-4-14-20-12-2-1-3-13-20/h5-6,8-9H,1-4,7,10-14H2,(H,19,21). The molecule has 116 valence electrons. The predicted molar refractivity (Wildman–Crippen MR) is 82.6 cm³/mol. The number of rotatable bonds is 7. The van der Waals surface area contributed by atoms with Crippen molar-refractivity contribution in [1.29, 1.82) is 0 Å². The minimum absolute atomic E-state index is 0.0815. The molecule has 1 aliphatic rings. The minimum Gasteiger partial charge on any atom is -0.356 e. The number of carbonyl (C=O) groups is 1. The van der Waals surface area contributed by atoms with Gasteiger partial charge in [0.05, 0.1) is 0 Å². The number of hydrogen-bond donors (Lipinski definition) is 1. The lowest BCUT2D eigenvalue weighted by molar-refractivity contribution is -0.121. The summed E-state index contributed by atoms with van der Waals surface area (Å²) in [5, 5.41) is 2.96. The lowest BCUT2D eigenvalue weighted by Crippen LogP contribution is -2.33. The van der Waals surface area contributed by atoms with Crippen molar-refractivity contribution in [2.24, 2.45) is 0 Å². The van der Waals surface area contributed by atoms with Gasteiger partial charge in [0.25, 0.3) is 0 Å². The van der Waals surface area contributed by atoms with Gasteiger partial charge < -0.3 is 10.2 Å². The van der Waals surface area contributed by atoms with Gasteiger partial charge in [0, 0.05) is 13.0 Å². The molecule has 0 atom stereocenters. The van der Waals surface area contributed by atoms with Gasteiger partial charge in [-0.1, -0.05) is 18.6 Å². The summed E-state index contributed by atoms with van der Waals surface area (Å²) >= 11 is 0. The number of nitrogens with one attached hydrogen (secondary N) is 1. The Labute approximate surface area is 126 Å². The number of hydrogen-bond acceptors (Lipinski definition) is 2. The molecule has 1 aromatic carbocycles. The van der Waals surface area contributed by atoms with Crippen LogP contribution in [0.25, 0.3) is 0 Å². The first-order chi connectivity index (χ1) is 10.2. The number of nitrogens with zero attached hydrogens (tertiary/aromatic N) is 1. The summed E-state index contributed by atoms with van der Waals surface area (Å²) in [6.45, 7) is 4.24. The topological polar surface area (TPSA) is 32.3 Å². The van der Waals surface area contributed by atoms with Gasteiger partial charge in [0.2, 0.25) is 5.91 Å². The van der Waals surface area contributed by atoms with Crippen LogP contribution in [0.15, 0.2) is 24.3 Å². The van der Waals surface area contributed by atoms with E-state index in [0.717, 1.165) is 25.1 Å². The van der Waals surface area contributed by atoms with Crippen molar-refractivity contribution in [3.63, 3.8) is 0 Å². The fourth-order valence-electron chi connectivity index (χ4n) is 2.71. The summed E-state index contributed by atoms with van der Waals surface area (Å²) in [5.41, 5.74) is 1.000. The van der Waals surface area contributed by atoms with Crippen molar-refractivity contribution in [2.75, 3.05) is 26.2 Å². The molecule has 1 aromatic rings. The second-order valence-electron chi connectivity index (χ2n) is 5.73. The number of likely N-dealkylation sites (tertiary alicyclic amines) is 1. The number of piperidine rings is 1. The zero-order valence-corrected chi connectivity index (χ0v) is 12.6. The number of carbonyl (C=O) groups excluding carboxylic acids is 1. The molecule has 0 saturated carbocycles. The van der Waals surface area contributed by atoms with Crippen molar-refractivity contribution in [2.45, 2.75) is 38.5 Å². The van der Waals surface area contributed by atoms with E-state index in [-0.39, 0.29) is 11.7 Å². The third kappa shape index (κ3) is 6.25. The van der Waals surface area contributed by atoms with Crippen LogP contribution in [0.4, 0.5) is 4.39 Å². The molecule has 1 amide bonds. The van der Waals surface area contributed by atoms with Crippen LogP contribution >= 0.6 is 0 Å². The first-order valence-corrected chi connectivity index (χ1v) is 7.97. The Balaban J connectivity index is 1.54. The van der Waals surface area contributed by atoms with Crippen LogP contribution in [0.2, 0.25) is 0 Å². The van der Waals surface area contributed by atoms with Crippen molar-refractivity contribution in [3.8, 4) is 0 Å². The lowest BCUT2D eigenvalue weighted by Gasteiger charge is -2.26. The van der Waals surface area contributed by atoms with Crippen LogP contribution in [0.3, 0.4) is 0 Å². The third-order valence-electron chi connectivity index (χ3n) is 3.98. The van der Waals surface area contributed by atoms with E-state index in [0.29, 0.717) is 12.8 Å². The quantitative estimate of drug-likeness (QED) is 0.784. The molecule has 21 heavy (non-hydrogen) atoms. The lowest BCUT2D eigenvalue weighted by atomic mass is 10.1. The number of halogens is 1. The molecule has 1 aliphatic heterocycles. The molecule has 1 saturated heterocycles. The van der Waals surface area contributed by atoms with E-state index < -0.39 is 0 Å². The summed E-state index contributed by atoms with van der Waals surface area (Å²) in [6, 6.07) is 6.34. The Morgan fingerprint density at radius 2 is 1.86 bits per heavy atom. The molecule has 0 aliphatic carbocycles. The second-order valence-corrected chi connectivity index (χ2v) is 5.73. The fraction of sp³-hybridized carbons (Fsp3) is 0.588. The third-order valence-corrected chi connectivity index (χ3v) is 3.98. The van der Waals surface area contributed by atoms with E-state index in [1.54, 1.807) is 12.1 Å². The van der Waals surface area contributed by atoms with E-state index in [9.17, 15) is 9.18 Å². The monoisotopic (exact) mass is 292 g/mol. The van der Waals surface area contributed by atoms with Gasteiger partial charge in [-0.2, -0.15) is 0 Å². The maximum atomic E-state index is 12.8. The molecule has 0 unspecified atom stereocenters. The zero-order chi connectivity index (χ0) is 14.9. The summed E-state index contributed by atoms with van der Waals surface area (Å²) in [4.78, 5) is 14.2. The zero-order valence-electron chi connectivity index (χ0n) is 12.6. The van der Waals surface area contributed by atoms with E-state index in [4.69, 9.17) is 0 Å². The molecule has 1 fully saturated rings. The van der Waals surface area contributed by atoms with Gasteiger partial charge in [-0.3, -0.25) is 4.79 Å². The molecule has 0 bridgehead atoms. The SMILES string of the molecule is O=C(CCc1ccc(F)cc1)NCCCN1CCCCC1. The molecular formula is C17H25FN2O. The normalized spacial score (nSPS) is 15.9. The molecule has 0 radical (unpaired) electrons. The highest BCUT2D eigenvalue weighted by molar-refractivity contribution is 5.76. The van der Waals surface area contributed by atoms with Crippen molar-refractivity contribution >= 4 is 5.91 Å². The van der Waals surface area contributed by atoms with Crippen LogP contribution < -0.4 is 5.32 Å². The van der Waals surface area contributed by atoms with Gasteiger partial charge >= 0.3 is 0 Å². The first-order valence-electron chi connectivity index (χ1n) is 7.97. The summed E-state index contributed by atoms with van der Waals surface area (Å²) in [7, 11) is 0. The van der Waals surface area contributed by atoms with E-state index in [1.807, 2.05) is 0 Å². The largest absolute Gasteiger partial charge is 0.356 e. The molecule has 0 spiro atoms. The molecule has 1 N–H and O–H groups in total. The minimum atomic E-state index is -0.235. The fourth-order valence-corrected chi connectivity index (χ4v) is 2.71. The van der Waals surface area contributed by atoms with E-state index in [1.165, 1.54) is 44.5 Å². The van der Waals surface area contributed by atoms with Gasteiger partial charge in [0.15, 0.2) is 0 Å².